The number of methoxy groups -OCH3 is 1. The Bertz CT molecular complexity index is 1550. The molecular weight excluding hydrogens is 592 g/mol. The Hall–Kier alpha value is -3.76. The second kappa shape index (κ2) is 11.5. The van der Waals surface area contributed by atoms with Gasteiger partial charge in [-0.1, -0.05) is 37.6 Å². The molecule has 4 aliphatic rings. The van der Waals surface area contributed by atoms with Gasteiger partial charge in [0.05, 0.1) is 42.8 Å². The van der Waals surface area contributed by atoms with Crippen LogP contribution in [0.4, 0.5) is 0 Å². The quantitative estimate of drug-likeness (QED) is 0.196. The number of aldehydes is 1. The van der Waals surface area contributed by atoms with E-state index >= 15 is 0 Å². The predicted molar refractivity (Wildman–Crippen MR) is 163 cm³/mol. The molecule has 11 atom stereocenters. The second-order valence-corrected chi connectivity index (χ2v) is 14.0. The van der Waals surface area contributed by atoms with Gasteiger partial charge < -0.3 is 33.3 Å². The molecule has 0 radical (unpaired) electrons. The van der Waals surface area contributed by atoms with Crippen LogP contribution in [0.2, 0.25) is 0 Å². The molecule has 3 aliphatic carbocycles. The molecule has 2 saturated carbocycles. The maximum atomic E-state index is 13.6. The lowest BCUT2D eigenvalue weighted by atomic mass is 9.39. The number of furan rings is 1. The number of hydrogen-bond acceptors (Lipinski definition) is 10. The number of aliphatic hydroxyl groups excluding tert-OH is 1. The van der Waals surface area contributed by atoms with Crippen molar-refractivity contribution < 1.29 is 47.6 Å². The molecule has 2 heterocycles. The lowest BCUT2D eigenvalue weighted by Crippen LogP contribution is -2.73. The summed E-state index contributed by atoms with van der Waals surface area (Å²) >= 11 is 0. The third-order valence-electron chi connectivity index (χ3n) is 11.9. The minimum atomic E-state index is -1.44. The van der Waals surface area contributed by atoms with Gasteiger partial charge >= 0.3 is 17.9 Å². The molecule has 10 heteroatoms. The van der Waals surface area contributed by atoms with Crippen LogP contribution >= 0.6 is 0 Å². The lowest BCUT2D eigenvalue weighted by molar-refractivity contribution is -0.276. The van der Waals surface area contributed by atoms with Crippen molar-refractivity contribution in [2.24, 2.45) is 28.1 Å². The zero-order valence-corrected chi connectivity index (χ0v) is 27.1. The average Bonchev–Trinajstić information content (AvgIpc) is 3.74. The summed E-state index contributed by atoms with van der Waals surface area (Å²) in [6, 6.07) is 10.5. The fourth-order valence-electron chi connectivity index (χ4n) is 9.84. The molecule has 46 heavy (non-hydrogen) atoms. The van der Waals surface area contributed by atoms with E-state index in [9.17, 15) is 24.3 Å². The number of aliphatic hydroxyl groups is 1. The van der Waals surface area contributed by atoms with Crippen molar-refractivity contribution in [3.63, 3.8) is 0 Å². The average molecular weight is 635 g/mol. The van der Waals surface area contributed by atoms with Gasteiger partial charge in [0.15, 0.2) is 0 Å². The molecule has 10 nitrogen and oxygen atoms in total. The summed E-state index contributed by atoms with van der Waals surface area (Å²) in [5, 5.41) is 11.6. The number of benzene rings is 1. The molecule has 1 aromatic heterocycles. The minimum absolute atomic E-state index is 0.00753. The van der Waals surface area contributed by atoms with Crippen molar-refractivity contribution in [3.8, 4) is 0 Å². The van der Waals surface area contributed by atoms with E-state index in [1.165, 1.54) is 14.0 Å². The van der Waals surface area contributed by atoms with Crippen molar-refractivity contribution >= 4 is 24.2 Å². The fraction of sp³-hybridized carbons (Fsp3) is 0.556. The van der Waals surface area contributed by atoms with Crippen LogP contribution in [0.15, 0.2) is 64.5 Å². The summed E-state index contributed by atoms with van der Waals surface area (Å²) in [4.78, 5) is 52.9. The Morgan fingerprint density at radius 2 is 1.78 bits per heavy atom. The zero-order valence-electron chi connectivity index (χ0n) is 27.1. The van der Waals surface area contributed by atoms with E-state index < -0.39 is 70.4 Å². The van der Waals surface area contributed by atoms with Crippen molar-refractivity contribution in [2.45, 2.75) is 90.3 Å². The van der Waals surface area contributed by atoms with Gasteiger partial charge in [-0.05, 0) is 55.5 Å². The highest BCUT2D eigenvalue weighted by Gasteiger charge is 2.76. The first kappa shape index (κ1) is 32.2. The van der Waals surface area contributed by atoms with Gasteiger partial charge in [0.1, 0.15) is 24.6 Å². The van der Waals surface area contributed by atoms with Crippen LogP contribution in [0.25, 0.3) is 0 Å². The van der Waals surface area contributed by atoms with E-state index in [4.69, 9.17) is 23.4 Å². The first-order valence-corrected chi connectivity index (χ1v) is 15.8. The van der Waals surface area contributed by atoms with Crippen LogP contribution in [0.3, 0.4) is 0 Å². The Balaban J connectivity index is 1.59. The topological polar surface area (TPSA) is 139 Å². The largest absolute Gasteiger partial charge is 0.472 e. The normalized spacial score (nSPS) is 39.5. The molecule has 1 saturated heterocycles. The van der Waals surface area contributed by atoms with Crippen LogP contribution in [-0.4, -0.2) is 66.9 Å². The van der Waals surface area contributed by atoms with Crippen LogP contribution in [0.1, 0.15) is 75.7 Å². The van der Waals surface area contributed by atoms with Crippen LogP contribution in [-0.2, 0) is 33.3 Å². The second-order valence-electron chi connectivity index (χ2n) is 14.0. The molecule has 6 rings (SSSR count). The highest BCUT2D eigenvalue weighted by atomic mass is 16.6. The SMILES string of the molecule is COC(=O)C[C@H]1[C@]2(C)C3=C(C)[C@H](c4ccoc4)C[C@H]3O[C@@H]2[C@H](OC(C)=O)[C@H]2[C@](C)(C=O)[C@H](O)C[C@H](OC(=O)c3ccccc3)[C@@]21C. The van der Waals surface area contributed by atoms with Crippen molar-refractivity contribution in [1.82, 2.24) is 0 Å². The molecule has 0 unspecified atom stereocenters. The van der Waals surface area contributed by atoms with E-state index in [1.807, 2.05) is 19.9 Å². The van der Waals surface area contributed by atoms with Crippen molar-refractivity contribution in [1.29, 1.82) is 0 Å². The molecule has 0 amide bonds. The Labute approximate surface area is 268 Å². The number of ether oxygens (including phenoxy) is 4. The van der Waals surface area contributed by atoms with E-state index in [0.29, 0.717) is 18.3 Å². The number of rotatable bonds is 7. The fourth-order valence-corrected chi connectivity index (χ4v) is 9.84. The summed E-state index contributed by atoms with van der Waals surface area (Å²) in [5.41, 5.74) is -0.141. The standard InChI is InChI=1S/C36H42O10/c1-19-23(22-12-13-43-17-22)14-24-29(19)36(5)25(15-28(40)42-6)35(4)27(46-33(41)21-10-8-7-9-11-21)16-26(39)34(3,18-37)31(35)30(32(36)45-24)44-20(2)38/h7-13,17-18,23-27,30-32,39H,14-16H2,1-6H3/t23-,24-,25-,26-,27+,30-,31+,32-,34-,35+,36-/m1/s1. The highest BCUT2D eigenvalue weighted by Crippen LogP contribution is 2.72. The molecule has 246 valence electrons. The first-order chi connectivity index (χ1) is 21.8. The molecular formula is C36H42O10. The van der Waals surface area contributed by atoms with E-state index in [2.05, 4.69) is 6.92 Å². The molecule has 3 fully saturated rings. The minimum Gasteiger partial charge on any atom is -0.472 e. The smallest absolute Gasteiger partial charge is 0.338 e. The summed E-state index contributed by atoms with van der Waals surface area (Å²) < 4.78 is 30.0. The third kappa shape index (κ3) is 4.59. The number of hydrogen-bond donors (Lipinski definition) is 1. The summed E-state index contributed by atoms with van der Waals surface area (Å²) in [7, 11) is 1.32. The summed E-state index contributed by atoms with van der Waals surface area (Å²) in [6.45, 7) is 8.92. The lowest BCUT2D eigenvalue weighted by Gasteiger charge is -2.66. The number of carbonyl (C=O) groups excluding carboxylic acids is 4. The first-order valence-electron chi connectivity index (χ1n) is 15.8. The van der Waals surface area contributed by atoms with Crippen molar-refractivity contribution in [2.75, 3.05) is 7.11 Å². The predicted octanol–water partition coefficient (Wildman–Crippen LogP) is 4.80. The van der Waals surface area contributed by atoms with Crippen LogP contribution in [0.5, 0.6) is 0 Å². The van der Waals surface area contributed by atoms with E-state index in [0.717, 1.165) is 16.7 Å². The maximum Gasteiger partial charge on any atom is 0.338 e. The molecule has 1 aliphatic heterocycles. The van der Waals surface area contributed by atoms with E-state index in [-0.39, 0.29) is 24.9 Å². The van der Waals surface area contributed by atoms with Gasteiger partial charge in [-0.2, -0.15) is 0 Å². The Morgan fingerprint density at radius 3 is 2.39 bits per heavy atom. The molecule has 2 aromatic rings. The number of allylic oxidation sites excluding steroid dienone is 1. The molecule has 1 aromatic carbocycles. The van der Waals surface area contributed by atoms with Crippen LogP contribution < -0.4 is 0 Å². The van der Waals surface area contributed by atoms with Gasteiger partial charge in [0.25, 0.3) is 0 Å². The maximum absolute atomic E-state index is 13.6. The Kier molecular flexibility index (Phi) is 8.04. The monoisotopic (exact) mass is 634 g/mol. The summed E-state index contributed by atoms with van der Waals surface area (Å²) in [5.74, 6) is -3.15. The molecule has 0 spiro atoms. The van der Waals surface area contributed by atoms with Gasteiger partial charge in [-0.15, -0.1) is 0 Å². The van der Waals surface area contributed by atoms with Gasteiger partial charge in [-0.3, -0.25) is 9.59 Å². The Morgan fingerprint density at radius 1 is 1.07 bits per heavy atom. The third-order valence-corrected chi connectivity index (χ3v) is 11.9. The number of fused-ring (bicyclic) bond motifs is 4. The van der Waals surface area contributed by atoms with Gasteiger partial charge in [-0.25, -0.2) is 4.79 Å². The van der Waals surface area contributed by atoms with E-state index in [1.54, 1.807) is 49.8 Å². The number of esters is 3. The molecule has 0 bridgehead atoms. The van der Waals surface area contributed by atoms with Gasteiger partial charge in [0.2, 0.25) is 0 Å². The molecule has 1 N–H and O–H groups in total. The van der Waals surface area contributed by atoms with Gasteiger partial charge in [0, 0.05) is 42.4 Å². The number of carbonyl (C=O) groups is 4. The van der Waals surface area contributed by atoms with Crippen molar-refractivity contribution in [3.05, 3.63) is 71.2 Å². The van der Waals surface area contributed by atoms with Crippen LogP contribution in [0, 0.1) is 28.1 Å². The highest BCUT2D eigenvalue weighted by molar-refractivity contribution is 5.89. The summed E-state index contributed by atoms with van der Waals surface area (Å²) in [6.07, 6.45) is 0.175. The zero-order chi connectivity index (χ0) is 33.2.